The van der Waals surface area contributed by atoms with Crippen molar-refractivity contribution in [3.8, 4) is 17.2 Å². The first-order valence-corrected chi connectivity index (χ1v) is 15.6. The van der Waals surface area contributed by atoms with Gasteiger partial charge in [0.2, 0.25) is 0 Å². The van der Waals surface area contributed by atoms with Crippen LogP contribution in [-0.2, 0) is 27.9 Å². The van der Waals surface area contributed by atoms with Gasteiger partial charge in [-0.05, 0) is 96.9 Å². The molecule has 5 heteroatoms. The van der Waals surface area contributed by atoms with Crippen molar-refractivity contribution in [3.63, 3.8) is 0 Å². The highest BCUT2D eigenvalue weighted by atomic mass is 16.6. The monoisotopic (exact) mass is 544 g/mol. The average Bonchev–Trinajstić information content (AvgIpc) is 3.71. The molecule has 0 aromatic heterocycles. The van der Waals surface area contributed by atoms with E-state index in [0.29, 0.717) is 30.5 Å². The van der Waals surface area contributed by atoms with Gasteiger partial charge in [-0.1, -0.05) is 38.0 Å². The number of benzene rings is 2. The summed E-state index contributed by atoms with van der Waals surface area (Å²) >= 11 is 0. The highest BCUT2D eigenvalue weighted by Crippen LogP contribution is 2.81. The lowest BCUT2D eigenvalue weighted by atomic mass is 9.29. The Morgan fingerprint density at radius 2 is 1.75 bits per heavy atom. The van der Waals surface area contributed by atoms with E-state index in [-0.39, 0.29) is 22.5 Å². The zero-order valence-electron chi connectivity index (χ0n) is 24.6. The van der Waals surface area contributed by atoms with Gasteiger partial charge >= 0.3 is 0 Å². The van der Waals surface area contributed by atoms with Crippen molar-refractivity contribution < 1.29 is 23.7 Å². The van der Waals surface area contributed by atoms with E-state index in [0.717, 1.165) is 29.6 Å². The first-order valence-electron chi connectivity index (χ1n) is 15.6. The Labute approximate surface area is 238 Å². The van der Waals surface area contributed by atoms with Crippen LogP contribution in [0.4, 0.5) is 0 Å². The summed E-state index contributed by atoms with van der Waals surface area (Å²) in [6, 6.07) is 12.8. The third-order valence-electron chi connectivity index (χ3n) is 12.8. The maximum atomic E-state index is 7.19. The second-order valence-corrected chi connectivity index (χ2v) is 14.2. The molecule has 5 saturated carbocycles. The number of hydrogen-bond acceptors (Lipinski definition) is 5. The lowest BCUT2D eigenvalue weighted by Crippen LogP contribution is -2.79. The maximum absolute atomic E-state index is 7.19. The van der Waals surface area contributed by atoms with Gasteiger partial charge in [0.05, 0.1) is 27.4 Å². The minimum absolute atomic E-state index is 0.0128. The molecule has 0 N–H and O–H groups in total. The van der Waals surface area contributed by atoms with Crippen molar-refractivity contribution in [1.82, 2.24) is 0 Å². The molecule has 6 aliphatic carbocycles. The molecule has 0 saturated heterocycles. The Morgan fingerprint density at radius 3 is 2.48 bits per heavy atom. The molecule has 9 rings (SSSR count). The van der Waals surface area contributed by atoms with Gasteiger partial charge in [0.25, 0.3) is 0 Å². The van der Waals surface area contributed by atoms with Crippen LogP contribution in [0, 0.1) is 28.6 Å². The Morgan fingerprint density at radius 1 is 0.925 bits per heavy atom. The maximum Gasteiger partial charge on any atom is 0.165 e. The summed E-state index contributed by atoms with van der Waals surface area (Å²) in [4.78, 5) is 0. The van der Waals surface area contributed by atoms with E-state index in [2.05, 4.69) is 31.2 Å². The second-order valence-electron chi connectivity index (χ2n) is 14.2. The minimum Gasteiger partial charge on any atom is -0.497 e. The van der Waals surface area contributed by atoms with E-state index in [1.165, 1.54) is 68.1 Å². The predicted octanol–water partition coefficient (Wildman–Crippen LogP) is 6.88. The van der Waals surface area contributed by atoms with Crippen LogP contribution in [0.2, 0.25) is 0 Å². The molecule has 0 amide bonds. The third-order valence-corrected chi connectivity index (χ3v) is 12.8. The summed E-state index contributed by atoms with van der Waals surface area (Å²) in [6.45, 7) is 3.95. The van der Waals surface area contributed by atoms with Gasteiger partial charge in [0.1, 0.15) is 17.5 Å². The van der Waals surface area contributed by atoms with Crippen LogP contribution in [0.15, 0.2) is 36.4 Å². The largest absolute Gasteiger partial charge is 0.497 e. The lowest BCUT2D eigenvalue weighted by molar-refractivity contribution is -0.294. The van der Waals surface area contributed by atoms with E-state index < -0.39 is 0 Å². The summed E-state index contributed by atoms with van der Waals surface area (Å²) in [5, 5.41) is 0. The van der Waals surface area contributed by atoms with Gasteiger partial charge in [0.15, 0.2) is 11.5 Å². The standard InChI is InChI=1S/C35H44O5/c1-32(18-22-5-6-22)13-15-34-29-24-9-12-27(37-3)30(29)40-31(34)35(38-4)16-14-33(34,28(32)17-24)19-25(35)21-39-20-23-7-10-26(36-2)11-8-23/h7-12,22,25,28,31H,5-6,13-21H2,1-4H3/t25-,28+,31-,32?,33-,34+,35-/m1/s1. The van der Waals surface area contributed by atoms with Crippen LogP contribution in [0.3, 0.4) is 0 Å². The predicted molar refractivity (Wildman–Crippen MR) is 153 cm³/mol. The first-order chi connectivity index (χ1) is 19.4. The van der Waals surface area contributed by atoms with Gasteiger partial charge in [-0.15, -0.1) is 0 Å². The molecule has 1 unspecified atom stereocenters. The van der Waals surface area contributed by atoms with Gasteiger partial charge in [-0.3, -0.25) is 0 Å². The zero-order chi connectivity index (χ0) is 27.3. The van der Waals surface area contributed by atoms with Crippen LogP contribution in [0.1, 0.15) is 75.0 Å². The van der Waals surface area contributed by atoms with E-state index in [9.17, 15) is 0 Å². The molecule has 40 heavy (non-hydrogen) atoms. The number of rotatable bonds is 9. The van der Waals surface area contributed by atoms with Gasteiger partial charge in [0, 0.05) is 24.0 Å². The summed E-state index contributed by atoms with van der Waals surface area (Å²) in [5.41, 5.74) is 4.44. The molecule has 1 aliphatic heterocycles. The van der Waals surface area contributed by atoms with Crippen molar-refractivity contribution in [2.45, 2.75) is 88.4 Å². The van der Waals surface area contributed by atoms with Crippen LogP contribution in [0.5, 0.6) is 17.2 Å². The molecule has 0 radical (unpaired) electrons. The van der Waals surface area contributed by atoms with Gasteiger partial charge < -0.3 is 23.7 Å². The van der Waals surface area contributed by atoms with E-state index in [1.807, 2.05) is 19.2 Å². The topological polar surface area (TPSA) is 46.2 Å². The summed E-state index contributed by atoms with van der Waals surface area (Å²) in [6.07, 6.45) is 11.4. The molecule has 1 heterocycles. The normalized spacial score (nSPS) is 40.0. The Hall–Kier alpha value is -2.24. The van der Waals surface area contributed by atoms with E-state index in [1.54, 1.807) is 14.2 Å². The molecule has 214 valence electrons. The molecule has 7 atom stereocenters. The smallest absolute Gasteiger partial charge is 0.165 e. The van der Waals surface area contributed by atoms with Gasteiger partial charge in [-0.2, -0.15) is 0 Å². The Balaban J connectivity index is 1.20. The Bertz CT molecular complexity index is 1320. The average molecular weight is 545 g/mol. The number of fused-ring (bicyclic) bond motifs is 2. The van der Waals surface area contributed by atoms with Crippen molar-refractivity contribution in [2.24, 2.45) is 28.6 Å². The van der Waals surface area contributed by atoms with Crippen LogP contribution in [-0.4, -0.2) is 39.6 Å². The molecular weight excluding hydrogens is 500 g/mol. The fourth-order valence-corrected chi connectivity index (χ4v) is 11.0. The molecule has 2 spiro atoms. The highest BCUT2D eigenvalue weighted by Gasteiger charge is 2.81. The van der Waals surface area contributed by atoms with Crippen molar-refractivity contribution in [2.75, 3.05) is 27.9 Å². The minimum atomic E-state index is -0.352. The van der Waals surface area contributed by atoms with Crippen LogP contribution in [0.25, 0.3) is 0 Å². The highest BCUT2D eigenvalue weighted by molar-refractivity contribution is 5.63. The summed E-state index contributed by atoms with van der Waals surface area (Å²) in [7, 11) is 5.42. The molecule has 5 nitrogen and oxygen atoms in total. The lowest BCUT2D eigenvalue weighted by Gasteiger charge is -2.75. The molecule has 7 aliphatic rings. The quantitative estimate of drug-likeness (QED) is 0.345. The van der Waals surface area contributed by atoms with Crippen molar-refractivity contribution >= 4 is 0 Å². The fraction of sp³-hybridized carbons (Fsp3) is 0.657. The number of hydrogen-bond donors (Lipinski definition) is 0. The molecule has 2 aromatic carbocycles. The fourth-order valence-electron chi connectivity index (χ4n) is 11.0. The van der Waals surface area contributed by atoms with Gasteiger partial charge in [-0.25, -0.2) is 0 Å². The third kappa shape index (κ3) is 3.12. The molecule has 2 aromatic rings. The van der Waals surface area contributed by atoms with Crippen molar-refractivity contribution in [1.29, 1.82) is 0 Å². The SMILES string of the molecule is COc1ccc(COC[C@H]2C[C@@]34CC[C@]2(OC)[C@@H]2Oc5c(OC)ccc6c5[C@@]23CCC(C)(CC2CC2)[C@@H]4C6)cc1. The first kappa shape index (κ1) is 25.5. The van der Waals surface area contributed by atoms with Crippen molar-refractivity contribution in [3.05, 3.63) is 53.1 Å². The van der Waals surface area contributed by atoms with E-state index in [4.69, 9.17) is 23.7 Å². The van der Waals surface area contributed by atoms with Crippen LogP contribution >= 0.6 is 0 Å². The molecule has 4 bridgehead atoms. The second kappa shape index (κ2) is 8.64. The summed E-state index contributed by atoms with van der Waals surface area (Å²) < 4.78 is 31.7. The Kier molecular flexibility index (Phi) is 5.50. The zero-order valence-corrected chi connectivity index (χ0v) is 24.6. The molecular formula is C35H44O5. The number of methoxy groups -OCH3 is 3. The number of ether oxygens (including phenoxy) is 5. The van der Waals surface area contributed by atoms with E-state index >= 15 is 0 Å². The molecule has 5 fully saturated rings. The van der Waals surface area contributed by atoms with Crippen LogP contribution < -0.4 is 14.2 Å². The summed E-state index contributed by atoms with van der Waals surface area (Å²) in [5.74, 6) is 4.69.